The van der Waals surface area contributed by atoms with Gasteiger partial charge in [0.05, 0.1) is 17.6 Å². The summed E-state index contributed by atoms with van der Waals surface area (Å²) in [4.78, 5) is 0.333. The molecule has 1 fully saturated rings. The third kappa shape index (κ3) is 3.18. The van der Waals surface area contributed by atoms with Crippen molar-refractivity contribution in [3.63, 3.8) is 0 Å². The molecule has 1 unspecified atom stereocenters. The van der Waals surface area contributed by atoms with Gasteiger partial charge >= 0.3 is 0 Å². The van der Waals surface area contributed by atoms with E-state index in [0.717, 1.165) is 16.3 Å². The second-order valence-electron chi connectivity index (χ2n) is 6.14. The molecular weight excluding hydrogens is 334 g/mol. The minimum Gasteiger partial charge on any atom is -0.371 e. The number of fused-ring (bicyclic) bond motifs is 1. The van der Waals surface area contributed by atoms with Crippen molar-refractivity contribution in [1.29, 1.82) is 0 Å². The molecule has 0 aromatic heterocycles. The van der Waals surface area contributed by atoms with Gasteiger partial charge in [-0.1, -0.05) is 60.7 Å². The van der Waals surface area contributed by atoms with Crippen LogP contribution in [0.4, 0.5) is 0 Å². The Bertz CT molecular complexity index is 986. The molecule has 1 aliphatic rings. The van der Waals surface area contributed by atoms with Crippen molar-refractivity contribution in [3.05, 3.63) is 78.4 Å². The molecule has 4 rings (SSSR count). The lowest BCUT2D eigenvalue weighted by Gasteiger charge is -2.32. The van der Waals surface area contributed by atoms with Gasteiger partial charge in [0.1, 0.15) is 0 Å². The number of hydrogen-bond donors (Lipinski definition) is 0. The molecule has 0 aliphatic carbocycles. The Morgan fingerprint density at radius 3 is 2.40 bits per heavy atom. The minimum atomic E-state index is -3.54. The van der Waals surface area contributed by atoms with Gasteiger partial charge < -0.3 is 4.74 Å². The molecule has 0 radical (unpaired) electrons. The second kappa shape index (κ2) is 6.59. The van der Waals surface area contributed by atoms with Crippen LogP contribution in [0, 0.1) is 0 Å². The molecule has 0 spiro atoms. The van der Waals surface area contributed by atoms with Gasteiger partial charge in [0, 0.05) is 13.1 Å². The average Bonchev–Trinajstić information content (AvgIpc) is 2.68. The van der Waals surface area contributed by atoms with E-state index < -0.39 is 10.0 Å². The lowest BCUT2D eigenvalue weighted by atomic mass is 10.1. The summed E-state index contributed by atoms with van der Waals surface area (Å²) < 4.78 is 33.5. The smallest absolute Gasteiger partial charge is 0.243 e. The van der Waals surface area contributed by atoms with Crippen LogP contribution in [-0.2, 0) is 14.8 Å². The van der Waals surface area contributed by atoms with E-state index in [1.807, 2.05) is 60.7 Å². The molecule has 128 valence electrons. The van der Waals surface area contributed by atoms with Crippen LogP contribution in [0.25, 0.3) is 10.8 Å². The highest BCUT2D eigenvalue weighted by atomic mass is 32.2. The molecule has 3 aromatic rings. The molecule has 0 N–H and O–H groups in total. The Morgan fingerprint density at radius 2 is 1.60 bits per heavy atom. The fourth-order valence-electron chi connectivity index (χ4n) is 3.19. The van der Waals surface area contributed by atoms with Crippen molar-refractivity contribution in [3.8, 4) is 0 Å². The van der Waals surface area contributed by atoms with Crippen LogP contribution in [-0.4, -0.2) is 32.4 Å². The van der Waals surface area contributed by atoms with E-state index in [1.165, 1.54) is 4.31 Å². The van der Waals surface area contributed by atoms with Crippen molar-refractivity contribution in [1.82, 2.24) is 4.31 Å². The molecule has 0 saturated carbocycles. The zero-order valence-electron chi connectivity index (χ0n) is 13.7. The van der Waals surface area contributed by atoms with Gasteiger partial charge in [-0.2, -0.15) is 4.31 Å². The van der Waals surface area contributed by atoms with Gasteiger partial charge in [0.2, 0.25) is 10.0 Å². The summed E-state index contributed by atoms with van der Waals surface area (Å²) in [6.07, 6.45) is -0.231. The number of morpholine rings is 1. The summed E-state index contributed by atoms with van der Waals surface area (Å²) in [5.74, 6) is 0. The van der Waals surface area contributed by atoms with Crippen molar-refractivity contribution in [2.45, 2.75) is 11.0 Å². The maximum atomic E-state index is 13.1. The van der Waals surface area contributed by atoms with Crippen molar-refractivity contribution >= 4 is 20.8 Å². The fourth-order valence-corrected chi connectivity index (χ4v) is 4.65. The fraction of sp³-hybridized carbons (Fsp3) is 0.200. The summed E-state index contributed by atoms with van der Waals surface area (Å²) >= 11 is 0. The Morgan fingerprint density at radius 1 is 0.880 bits per heavy atom. The zero-order chi connectivity index (χ0) is 17.3. The largest absolute Gasteiger partial charge is 0.371 e. The van der Waals surface area contributed by atoms with E-state index in [-0.39, 0.29) is 6.10 Å². The van der Waals surface area contributed by atoms with Crippen LogP contribution in [0.5, 0.6) is 0 Å². The molecule has 1 atom stereocenters. The lowest BCUT2D eigenvalue weighted by Crippen LogP contribution is -2.42. The maximum Gasteiger partial charge on any atom is 0.243 e. The van der Waals surface area contributed by atoms with Gasteiger partial charge in [-0.25, -0.2) is 8.42 Å². The van der Waals surface area contributed by atoms with E-state index in [9.17, 15) is 8.42 Å². The first kappa shape index (κ1) is 16.3. The van der Waals surface area contributed by atoms with Crippen molar-refractivity contribution in [2.24, 2.45) is 0 Å². The Labute approximate surface area is 147 Å². The van der Waals surface area contributed by atoms with Crippen LogP contribution in [0.3, 0.4) is 0 Å². The van der Waals surface area contributed by atoms with Crippen LogP contribution >= 0.6 is 0 Å². The lowest BCUT2D eigenvalue weighted by molar-refractivity contribution is -0.00255. The molecule has 5 heteroatoms. The summed E-state index contributed by atoms with van der Waals surface area (Å²) in [5.41, 5.74) is 1.00. The number of benzene rings is 3. The first-order chi connectivity index (χ1) is 12.1. The topological polar surface area (TPSA) is 46.6 Å². The van der Waals surface area contributed by atoms with Gasteiger partial charge in [0.25, 0.3) is 0 Å². The molecule has 25 heavy (non-hydrogen) atoms. The van der Waals surface area contributed by atoms with Gasteiger partial charge in [0.15, 0.2) is 0 Å². The summed E-state index contributed by atoms with van der Waals surface area (Å²) in [6, 6.07) is 22.8. The van der Waals surface area contributed by atoms with E-state index >= 15 is 0 Å². The Hall–Kier alpha value is -2.21. The molecule has 0 amide bonds. The first-order valence-corrected chi connectivity index (χ1v) is 9.74. The van der Waals surface area contributed by atoms with E-state index in [1.54, 1.807) is 12.1 Å². The number of rotatable bonds is 3. The predicted octanol–water partition coefficient (Wildman–Crippen LogP) is 3.60. The van der Waals surface area contributed by atoms with Crippen LogP contribution in [0.15, 0.2) is 77.7 Å². The third-order valence-electron chi connectivity index (χ3n) is 4.56. The normalized spacial score (nSPS) is 19.1. The first-order valence-electron chi connectivity index (χ1n) is 8.30. The standard InChI is InChI=1S/C20H19NO3S/c22-25(23,19-11-10-16-6-4-5-9-18(16)14-19)21-12-13-24-20(15-21)17-7-2-1-3-8-17/h1-11,14,20H,12-13,15H2. The van der Waals surface area contributed by atoms with Crippen LogP contribution in [0.2, 0.25) is 0 Å². The van der Waals surface area contributed by atoms with E-state index in [2.05, 4.69) is 0 Å². The highest BCUT2D eigenvalue weighted by molar-refractivity contribution is 7.89. The molecule has 4 nitrogen and oxygen atoms in total. The predicted molar refractivity (Wildman–Crippen MR) is 97.8 cm³/mol. The Balaban J connectivity index is 1.64. The number of sulfonamides is 1. The number of ether oxygens (including phenoxy) is 1. The number of hydrogen-bond acceptors (Lipinski definition) is 3. The molecule has 1 heterocycles. The van der Waals surface area contributed by atoms with Crippen LogP contribution < -0.4 is 0 Å². The summed E-state index contributed by atoms with van der Waals surface area (Å²) in [6.45, 7) is 1.10. The average molecular weight is 353 g/mol. The summed E-state index contributed by atoms with van der Waals surface area (Å²) in [5, 5.41) is 1.96. The van der Waals surface area contributed by atoms with Gasteiger partial charge in [-0.15, -0.1) is 0 Å². The second-order valence-corrected chi connectivity index (χ2v) is 8.08. The van der Waals surface area contributed by atoms with Gasteiger partial charge in [-0.05, 0) is 28.5 Å². The highest BCUT2D eigenvalue weighted by Gasteiger charge is 2.31. The summed E-state index contributed by atoms with van der Waals surface area (Å²) in [7, 11) is -3.54. The maximum absolute atomic E-state index is 13.1. The van der Waals surface area contributed by atoms with Crippen LogP contribution in [0.1, 0.15) is 11.7 Å². The van der Waals surface area contributed by atoms with E-state index in [4.69, 9.17) is 4.74 Å². The quantitative estimate of drug-likeness (QED) is 0.723. The molecule has 0 bridgehead atoms. The highest BCUT2D eigenvalue weighted by Crippen LogP contribution is 2.27. The SMILES string of the molecule is O=S(=O)(c1ccc2ccccc2c1)N1CCOC(c2ccccc2)C1. The Kier molecular flexibility index (Phi) is 4.29. The van der Waals surface area contributed by atoms with E-state index in [0.29, 0.717) is 24.6 Å². The van der Waals surface area contributed by atoms with Gasteiger partial charge in [-0.3, -0.25) is 0 Å². The molecule has 1 saturated heterocycles. The minimum absolute atomic E-state index is 0.231. The van der Waals surface area contributed by atoms with Crippen molar-refractivity contribution < 1.29 is 13.2 Å². The molecule has 1 aliphatic heterocycles. The third-order valence-corrected chi connectivity index (χ3v) is 6.42. The molecular formula is C20H19NO3S. The molecule has 3 aromatic carbocycles. The van der Waals surface area contributed by atoms with Crippen molar-refractivity contribution in [2.75, 3.05) is 19.7 Å². The zero-order valence-corrected chi connectivity index (χ0v) is 14.5. The number of nitrogens with zero attached hydrogens (tertiary/aromatic N) is 1. The monoisotopic (exact) mass is 353 g/mol.